The van der Waals surface area contributed by atoms with Crippen LogP contribution in [0.15, 0.2) is 36.5 Å². The van der Waals surface area contributed by atoms with Gasteiger partial charge in [0.15, 0.2) is 0 Å². The van der Waals surface area contributed by atoms with E-state index in [2.05, 4.69) is 10.3 Å². The van der Waals surface area contributed by atoms with Crippen molar-refractivity contribution >= 4 is 23.3 Å². The van der Waals surface area contributed by atoms with Gasteiger partial charge in [-0.25, -0.2) is 4.98 Å². The zero-order chi connectivity index (χ0) is 22.7. The minimum atomic E-state index is -0.549. The number of anilines is 2. The van der Waals surface area contributed by atoms with Crippen LogP contribution in [0, 0.1) is 17.2 Å². The predicted molar refractivity (Wildman–Crippen MR) is 117 cm³/mol. The first-order valence-electron chi connectivity index (χ1n) is 10.3. The molecule has 0 saturated heterocycles. The minimum Gasteiger partial charge on any atom is -0.393 e. The average Bonchev–Trinajstić information content (AvgIpc) is 2.73. The molecule has 3 rings (SSSR count). The van der Waals surface area contributed by atoms with Crippen LogP contribution in [0.5, 0.6) is 0 Å². The number of amides is 2. The first-order chi connectivity index (χ1) is 14.7. The molecule has 4 atom stereocenters. The lowest BCUT2D eigenvalue weighted by Gasteiger charge is -2.45. The predicted octanol–water partition coefficient (Wildman–Crippen LogP) is 2.74. The molecule has 0 bridgehead atoms. The highest BCUT2D eigenvalue weighted by Crippen LogP contribution is 2.44. The van der Waals surface area contributed by atoms with Crippen LogP contribution in [-0.2, 0) is 4.79 Å². The summed E-state index contributed by atoms with van der Waals surface area (Å²) < 4.78 is 0. The summed E-state index contributed by atoms with van der Waals surface area (Å²) in [6.07, 6.45) is 2.22. The SMILES string of the molecule is CC(=O)N1c2ccc(C(N)=O)cc2[C@H](Nc2ccc(C#N)cn2)[C@@H](CC[C@H](C)O)[C@@H]1C. The molecule has 8 heteroatoms. The monoisotopic (exact) mass is 421 g/mol. The Kier molecular flexibility index (Phi) is 6.56. The van der Waals surface area contributed by atoms with E-state index in [1.54, 1.807) is 42.2 Å². The van der Waals surface area contributed by atoms with Crippen LogP contribution in [0.1, 0.15) is 61.1 Å². The molecule has 0 saturated carbocycles. The van der Waals surface area contributed by atoms with Crippen molar-refractivity contribution in [3.63, 3.8) is 0 Å². The number of benzene rings is 1. The first kappa shape index (κ1) is 22.2. The standard InChI is InChI=1S/C23H27N5O3/c1-13(29)4-7-18-14(2)28(15(3)30)20-8-6-17(23(25)31)10-19(20)22(18)27-21-9-5-16(11-24)12-26-21/h5-6,8-10,12-14,18,22,29H,4,7H2,1-3H3,(H2,25,31)(H,26,27)/t13-,14-,18-,22+/m0/s1. The summed E-state index contributed by atoms with van der Waals surface area (Å²) >= 11 is 0. The van der Waals surface area contributed by atoms with E-state index in [-0.39, 0.29) is 23.9 Å². The lowest BCUT2D eigenvalue weighted by molar-refractivity contribution is -0.117. The molecule has 1 aliphatic heterocycles. The first-order valence-corrected chi connectivity index (χ1v) is 10.3. The average molecular weight is 422 g/mol. The Morgan fingerprint density at radius 2 is 2.10 bits per heavy atom. The Morgan fingerprint density at radius 3 is 2.65 bits per heavy atom. The highest BCUT2D eigenvalue weighted by atomic mass is 16.3. The van der Waals surface area contributed by atoms with Gasteiger partial charge in [-0.05, 0) is 62.6 Å². The maximum Gasteiger partial charge on any atom is 0.248 e. The summed E-state index contributed by atoms with van der Waals surface area (Å²) in [5, 5.41) is 22.3. The highest BCUT2D eigenvalue weighted by molar-refractivity contribution is 5.97. The third kappa shape index (κ3) is 4.67. The lowest BCUT2D eigenvalue weighted by Crippen LogP contribution is -2.49. The highest BCUT2D eigenvalue weighted by Gasteiger charge is 2.40. The fraction of sp³-hybridized carbons (Fsp3) is 0.391. The number of aliphatic hydroxyl groups excluding tert-OH is 1. The number of carbonyl (C=O) groups excluding carboxylic acids is 2. The molecule has 2 heterocycles. The maximum atomic E-state index is 12.5. The quantitative estimate of drug-likeness (QED) is 0.657. The van der Waals surface area contributed by atoms with Gasteiger partial charge in [0.25, 0.3) is 0 Å². The van der Waals surface area contributed by atoms with Crippen molar-refractivity contribution in [1.29, 1.82) is 5.26 Å². The van der Waals surface area contributed by atoms with E-state index >= 15 is 0 Å². The number of aliphatic hydroxyl groups is 1. The number of fused-ring (bicyclic) bond motifs is 1. The van der Waals surface area contributed by atoms with Gasteiger partial charge in [-0.15, -0.1) is 0 Å². The summed E-state index contributed by atoms with van der Waals surface area (Å²) in [5.41, 5.74) is 7.80. The molecule has 31 heavy (non-hydrogen) atoms. The molecule has 1 aromatic carbocycles. The normalized spacial score (nSPS) is 21.0. The van der Waals surface area contributed by atoms with Gasteiger partial charge in [0, 0.05) is 36.3 Å². The van der Waals surface area contributed by atoms with E-state index in [1.807, 2.05) is 13.0 Å². The smallest absolute Gasteiger partial charge is 0.248 e. The molecular weight excluding hydrogens is 394 g/mol. The van der Waals surface area contributed by atoms with Crippen LogP contribution < -0.4 is 16.0 Å². The number of rotatable bonds is 6. The van der Waals surface area contributed by atoms with Crippen LogP contribution in [0.4, 0.5) is 11.5 Å². The zero-order valence-electron chi connectivity index (χ0n) is 17.9. The molecule has 1 aromatic heterocycles. The summed E-state index contributed by atoms with van der Waals surface area (Å²) in [4.78, 5) is 30.4. The molecule has 1 aliphatic rings. The number of nitrogens with two attached hydrogens (primary N) is 1. The number of hydrogen-bond donors (Lipinski definition) is 3. The Balaban J connectivity index is 2.11. The Labute approximate surface area is 181 Å². The second-order valence-corrected chi connectivity index (χ2v) is 8.02. The van der Waals surface area contributed by atoms with Crippen molar-refractivity contribution in [3.05, 3.63) is 53.2 Å². The van der Waals surface area contributed by atoms with Gasteiger partial charge in [-0.2, -0.15) is 5.26 Å². The van der Waals surface area contributed by atoms with E-state index in [1.165, 1.54) is 13.1 Å². The maximum absolute atomic E-state index is 12.5. The molecule has 0 fully saturated rings. The van der Waals surface area contributed by atoms with E-state index < -0.39 is 12.0 Å². The molecule has 0 aliphatic carbocycles. The van der Waals surface area contributed by atoms with E-state index in [0.717, 1.165) is 5.56 Å². The fourth-order valence-corrected chi connectivity index (χ4v) is 4.28. The van der Waals surface area contributed by atoms with E-state index in [0.29, 0.717) is 35.5 Å². The van der Waals surface area contributed by atoms with Gasteiger partial charge in [0.05, 0.1) is 17.7 Å². The summed E-state index contributed by atoms with van der Waals surface area (Å²) in [5.74, 6) is -0.138. The number of carbonyl (C=O) groups is 2. The minimum absolute atomic E-state index is 0.0634. The molecule has 2 aromatic rings. The second-order valence-electron chi connectivity index (χ2n) is 8.02. The summed E-state index contributed by atoms with van der Waals surface area (Å²) in [6, 6.07) is 10.1. The van der Waals surface area contributed by atoms with Crippen molar-refractivity contribution < 1.29 is 14.7 Å². The van der Waals surface area contributed by atoms with Crippen LogP contribution in [0.3, 0.4) is 0 Å². The third-order valence-corrected chi connectivity index (χ3v) is 5.81. The van der Waals surface area contributed by atoms with Gasteiger partial charge in [-0.3, -0.25) is 9.59 Å². The number of primary amides is 1. The summed E-state index contributed by atoms with van der Waals surface area (Å²) in [7, 11) is 0. The zero-order valence-corrected chi connectivity index (χ0v) is 17.9. The van der Waals surface area contributed by atoms with Gasteiger partial charge < -0.3 is 21.1 Å². The molecule has 4 N–H and O–H groups in total. The van der Waals surface area contributed by atoms with Gasteiger partial charge in [0.2, 0.25) is 11.8 Å². The van der Waals surface area contributed by atoms with Crippen molar-refractivity contribution in [2.45, 2.75) is 51.8 Å². The van der Waals surface area contributed by atoms with Crippen LogP contribution in [-0.4, -0.2) is 34.1 Å². The molecule has 0 radical (unpaired) electrons. The second kappa shape index (κ2) is 9.14. The Hall–Kier alpha value is -3.44. The topological polar surface area (TPSA) is 132 Å². The number of pyridine rings is 1. The molecule has 2 amide bonds. The largest absolute Gasteiger partial charge is 0.393 e. The van der Waals surface area contributed by atoms with Gasteiger partial charge in [-0.1, -0.05) is 0 Å². The fourth-order valence-electron chi connectivity index (χ4n) is 4.28. The van der Waals surface area contributed by atoms with Crippen LogP contribution in [0.25, 0.3) is 0 Å². The number of aromatic nitrogens is 1. The number of nitrogens with one attached hydrogen (secondary N) is 1. The van der Waals surface area contributed by atoms with Crippen molar-refractivity contribution in [2.75, 3.05) is 10.2 Å². The molecule has 0 spiro atoms. The van der Waals surface area contributed by atoms with Crippen molar-refractivity contribution in [1.82, 2.24) is 4.98 Å². The van der Waals surface area contributed by atoms with Crippen molar-refractivity contribution in [3.8, 4) is 6.07 Å². The Morgan fingerprint density at radius 1 is 1.35 bits per heavy atom. The number of hydrogen-bond acceptors (Lipinski definition) is 6. The van der Waals surface area contributed by atoms with E-state index in [4.69, 9.17) is 11.0 Å². The van der Waals surface area contributed by atoms with Crippen LogP contribution >= 0.6 is 0 Å². The molecule has 162 valence electrons. The summed E-state index contributed by atoms with van der Waals surface area (Å²) in [6.45, 7) is 5.24. The van der Waals surface area contributed by atoms with Crippen LogP contribution in [0.2, 0.25) is 0 Å². The van der Waals surface area contributed by atoms with E-state index in [9.17, 15) is 14.7 Å². The lowest BCUT2D eigenvalue weighted by atomic mass is 9.78. The molecule has 0 unspecified atom stereocenters. The third-order valence-electron chi connectivity index (χ3n) is 5.81. The molecule has 8 nitrogen and oxygen atoms in total. The Bertz CT molecular complexity index is 1010. The number of nitrogens with zero attached hydrogens (tertiary/aromatic N) is 3. The molecular formula is C23H27N5O3. The van der Waals surface area contributed by atoms with Gasteiger partial charge in [0.1, 0.15) is 11.9 Å². The number of nitriles is 1. The van der Waals surface area contributed by atoms with Crippen molar-refractivity contribution in [2.24, 2.45) is 11.7 Å². The van der Waals surface area contributed by atoms with Gasteiger partial charge >= 0.3 is 0 Å².